The number of anilines is 2. The fourth-order valence-electron chi connectivity index (χ4n) is 7.86. The third kappa shape index (κ3) is 6.63. The van der Waals surface area contributed by atoms with Crippen LogP contribution in [0.25, 0.3) is 0 Å². The van der Waals surface area contributed by atoms with Crippen LogP contribution in [0.15, 0.2) is 77.3 Å². The number of amides is 3. The van der Waals surface area contributed by atoms with Gasteiger partial charge >= 0.3 is 5.97 Å². The number of β-lactam (4-membered cyclic amide) rings is 1. The SMILES string of the molecule is CC(=O)OC1CC(=O)N1c1cccc(CN2C(=O)[C@@]3(O[C@@H](CC(=O)N(CCO)Cc4ccccc4)[C@H]([Si](C)(C)F)[C@H]3C)c3cc(Br)ccc32)c1. The summed E-state index contributed by atoms with van der Waals surface area (Å²) >= 11 is 3.56. The van der Waals surface area contributed by atoms with Crippen molar-refractivity contribution in [1.82, 2.24) is 4.90 Å². The molecular formula is C37H41BrFN3O7Si. The summed E-state index contributed by atoms with van der Waals surface area (Å²) < 4.78 is 29.2. The van der Waals surface area contributed by atoms with E-state index in [2.05, 4.69) is 15.9 Å². The molecule has 2 saturated heterocycles. The Labute approximate surface area is 300 Å². The number of hydrogen-bond donors (Lipinski definition) is 1. The second kappa shape index (κ2) is 14.0. The van der Waals surface area contributed by atoms with E-state index >= 15 is 4.11 Å². The van der Waals surface area contributed by atoms with Gasteiger partial charge in [0.15, 0.2) is 11.8 Å². The quantitative estimate of drug-likeness (QED) is 0.113. The molecule has 3 aliphatic heterocycles. The summed E-state index contributed by atoms with van der Waals surface area (Å²) in [4.78, 5) is 57.4. The van der Waals surface area contributed by atoms with Crippen molar-refractivity contribution in [2.45, 2.75) is 76.3 Å². The predicted molar refractivity (Wildman–Crippen MR) is 191 cm³/mol. The average Bonchev–Trinajstić information content (AvgIpc) is 3.47. The van der Waals surface area contributed by atoms with Gasteiger partial charge in [-0.2, -0.15) is 0 Å². The largest absolute Gasteiger partial charge is 0.441 e. The normalized spacial score (nSPS) is 24.4. The van der Waals surface area contributed by atoms with Crippen molar-refractivity contribution in [1.29, 1.82) is 0 Å². The number of rotatable bonds is 11. The molecule has 0 aromatic heterocycles. The van der Waals surface area contributed by atoms with E-state index in [0.717, 1.165) is 15.6 Å². The molecule has 3 aromatic carbocycles. The smallest absolute Gasteiger partial charge is 0.304 e. The molecule has 0 aliphatic carbocycles. The molecule has 264 valence electrons. The van der Waals surface area contributed by atoms with E-state index in [0.29, 0.717) is 16.9 Å². The van der Waals surface area contributed by atoms with Crippen LogP contribution in [0.1, 0.15) is 43.4 Å². The highest BCUT2D eigenvalue weighted by molar-refractivity contribution is 9.10. The lowest BCUT2D eigenvalue weighted by molar-refractivity contribution is -0.154. The predicted octanol–water partition coefficient (Wildman–Crippen LogP) is 5.81. The summed E-state index contributed by atoms with van der Waals surface area (Å²) in [5.74, 6) is -1.91. The van der Waals surface area contributed by atoms with E-state index in [-0.39, 0.29) is 56.8 Å². The van der Waals surface area contributed by atoms with Gasteiger partial charge in [0.25, 0.3) is 5.91 Å². The molecule has 2 fully saturated rings. The highest BCUT2D eigenvalue weighted by atomic mass is 79.9. The van der Waals surface area contributed by atoms with Gasteiger partial charge in [-0.1, -0.05) is 65.3 Å². The topological polar surface area (TPSA) is 117 Å². The number of hydrogen-bond acceptors (Lipinski definition) is 7. The number of aliphatic hydroxyl groups excluding tert-OH is 1. The number of carbonyl (C=O) groups excluding carboxylic acids is 4. The van der Waals surface area contributed by atoms with Crippen LogP contribution in [0.4, 0.5) is 15.5 Å². The fraction of sp³-hybridized carbons (Fsp3) is 0.405. The highest BCUT2D eigenvalue weighted by Crippen LogP contribution is 2.60. The molecule has 6 rings (SSSR count). The molecule has 50 heavy (non-hydrogen) atoms. The van der Waals surface area contributed by atoms with Crippen molar-refractivity contribution < 1.29 is 37.9 Å². The number of nitrogens with zero attached hydrogens (tertiary/aromatic N) is 3. The maximum absolute atomic E-state index is 16.4. The average molecular weight is 767 g/mol. The molecule has 3 aliphatic rings. The molecule has 1 spiro atoms. The molecule has 10 nitrogen and oxygen atoms in total. The van der Waals surface area contributed by atoms with Gasteiger partial charge in [0.05, 0.1) is 37.8 Å². The van der Waals surface area contributed by atoms with Crippen LogP contribution >= 0.6 is 15.9 Å². The summed E-state index contributed by atoms with van der Waals surface area (Å²) in [6.07, 6.45) is -1.62. The van der Waals surface area contributed by atoms with Gasteiger partial charge in [0.1, 0.15) is 0 Å². The Kier molecular flexibility index (Phi) is 10.1. The van der Waals surface area contributed by atoms with Crippen LogP contribution in [0.5, 0.6) is 0 Å². The first kappa shape index (κ1) is 35.9. The van der Waals surface area contributed by atoms with Crippen molar-refractivity contribution in [2.75, 3.05) is 23.0 Å². The molecule has 1 unspecified atom stereocenters. The fourth-order valence-corrected chi connectivity index (χ4v) is 10.7. The minimum absolute atomic E-state index is 0.0947. The van der Waals surface area contributed by atoms with Gasteiger partial charge in [0, 0.05) is 47.2 Å². The van der Waals surface area contributed by atoms with E-state index < -0.39 is 43.8 Å². The zero-order valence-corrected chi connectivity index (χ0v) is 31.1. The minimum Gasteiger partial charge on any atom is -0.441 e. The first-order valence-corrected chi connectivity index (χ1v) is 20.5. The maximum Gasteiger partial charge on any atom is 0.304 e. The van der Waals surface area contributed by atoms with Crippen molar-refractivity contribution in [3.63, 3.8) is 0 Å². The molecular weight excluding hydrogens is 725 g/mol. The first-order valence-electron chi connectivity index (χ1n) is 16.7. The summed E-state index contributed by atoms with van der Waals surface area (Å²) in [5, 5.41) is 9.79. The monoisotopic (exact) mass is 765 g/mol. The Morgan fingerprint density at radius 1 is 1.08 bits per heavy atom. The van der Waals surface area contributed by atoms with Gasteiger partial charge in [-0.25, -0.2) is 0 Å². The molecule has 5 atom stereocenters. The number of halogens is 2. The van der Waals surface area contributed by atoms with Crippen LogP contribution in [0.3, 0.4) is 0 Å². The van der Waals surface area contributed by atoms with E-state index in [1.165, 1.54) is 11.8 Å². The number of ether oxygens (including phenoxy) is 2. The Hall–Kier alpha value is -3.91. The van der Waals surface area contributed by atoms with Gasteiger partial charge in [-0.3, -0.25) is 24.1 Å². The van der Waals surface area contributed by atoms with Crippen LogP contribution in [-0.4, -0.2) is 67.6 Å². The second-order valence-electron chi connectivity index (χ2n) is 13.8. The Bertz CT molecular complexity index is 1810. The van der Waals surface area contributed by atoms with E-state index in [4.69, 9.17) is 9.47 Å². The Morgan fingerprint density at radius 2 is 1.80 bits per heavy atom. The van der Waals surface area contributed by atoms with Crippen LogP contribution < -0.4 is 9.80 Å². The zero-order valence-electron chi connectivity index (χ0n) is 28.5. The zero-order chi connectivity index (χ0) is 36.0. The molecule has 3 heterocycles. The molecule has 3 amide bonds. The molecule has 3 aromatic rings. The van der Waals surface area contributed by atoms with Gasteiger partial charge < -0.3 is 28.5 Å². The Balaban J connectivity index is 1.32. The van der Waals surface area contributed by atoms with Crippen molar-refractivity contribution >= 4 is 59.4 Å². The van der Waals surface area contributed by atoms with Crippen molar-refractivity contribution in [3.05, 3.63) is 94.0 Å². The minimum atomic E-state index is -3.54. The summed E-state index contributed by atoms with van der Waals surface area (Å²) in [5.41, 5.74) is 1.14. The standard InChI is InChI=1S/C37H41BrFN3O7Si/c1-23-35(50(3,4)39)31(19-32(45)40(15-16-43)21-25-9-6-5-7-10-25)49-37(23)29-18-27(38)13-14-30(29)41(36(37)47)22-26-11-8-12-28(17-26)42-33(46)20-34(42)48-24(2)44/h5-14,17-18,23,31,34-35,43H,15-16,19-22H2,1-4H3/t23-,31+,34?,35-,37+/m1/s1. The molecule has 0 radical (unpaired) electrons. The Morgan fingerprint density at radius 3 is 2.46 bits per heavy atom. The van der Waals surface area contributed by atoms with Crippen LogP contribution in [0.2, 0.25) is 18.6 Å². The lowest BCUT2D eigenvalue weighted by Crippen LogP contribution is -2.54. The van der Waals surface area contributed by atoms with Crippen molar-refractivity contribution in [2.24, 2.45) is 5.92 Å². The van der Waals surface area contributed by atoms with E-state index in [1.807, 2.05) is 61.5 Å². The summed E-state index contributed by atoms with van der Waals surface area (Å²) in [7, 11) is -3.54. The molecule has 0 bridgehead atoms. The van der Waals surface area contributed by atoms with Gasteiger partial charge in [-0.05, 0) is 54.6 Å². The lowest BCUT2D eigenvalue weighted by atomic mass is 9.82. The number of fused-ring (bicyclic) bond motifs is 2. The molecule has 1 N–H and O–H groups in total. The van der Waals surface area contributed by atoms with Gasteiger partial charge in [-0.15, -0.1) is 0 Å². The number of benzene rings is 3. The maximum atomic E-state index is 16.4. The second-order valence-corrected chi connectivity index (χ2v) is 18.5. The third-order valence-corrected chi connectivity index (χ3v) is 12.9. The molecule has 0 saturated carbocycles. The van der Waals surface area contributed by atoms with Crippen molar-refractivity contribution in [3.8, 4) is 0 Å². The highest BCUT2D eigenvalue weighted by Gasteiger charge is 2.67. The summed E-state index contributed by atoms with van der Waals surface area (Å²) in [6.45, 7) is 6.60. The van der Waals surface area contributed by atoms with Crippen LogP contribution in [-0.2, 0) is 47.3 Å². The first-order chi connectivity index (χ1) is 23.7. The van der Waals surface area contributed by atoms with Crippen LogP contribution in [0, 0.1) is 5.92 Å². The molecule has 13 heteroatoms. The number of esters is 1. The third-order valence-electron chi connectivity index (χ3n) is 9.97. The van der Waals surface area contributed by atoms with E-state index in [9.17, 15) is 24.3 Å². The number of carbonyl (C=O) groups is 4. The number of aliphatic hydroxyl groups is 1. The summed E-state index contributed by atoms with van der Waals surface area (Å²) in [6, 6.07) is 22.1. The lowest BCUT2D eigenvalue weighted by Gasteiger charge is -2.39. The van der Waals surface area contributed by atoms with E-state index in [1.54, 1.807) is 41.1 Å². The van der Waals surface area contributed by atoms with Gasteiger partial charge in [0.2, 0.25) is 20.2 Å².